The summed E-state index contributed by atoms with van der Waals surface area (Å²) in [5, 5.41) is 0. The second kappa shape index (κ2) is 7.21. The van der Waals surface area contributed by atoms with Crippen LogP contribution in [0, 0.1) is 5.92 Å². The summed E-state index contributed by atoms with van der Waals surface area (Å²) in [4.78, 5) is 2.28. The molecule has 0 amide bonds. The molecule has 0 fully saturated rings. The highest BCUT2D eigenvalue weighted by Gasteiger charge is 2.15. The molecular formula is C11H25NO2. The van der Waals surface area contributed by atoms with Crippen LogP contribution in [-0.4, -0.2) is 45.0 Å². The summed E-state index contributed by atoms with van der Waals surface area (Å²) < 4.78 is 10.3. The summed E-state index contributed by atoms with van der Waals surface area (Å²) in [7, 11) is 5.46. The van der Waals surface area contributed by atoms with Crippen LogP contribution in [0.15, 0.2) is 0 Å². The lowest BCUT2D eigenvalue weighted by Gasteiger charge is -2.28. The van der Waals surface area contributed by atoms with Gasteiger partial charge in [-0.05, 0) is 26.3 Å². The van der Waals surface area contributed by atoms with Crippen molar-refractivity contribution in [2.24, 2.45) is 5.92 Å². The zero-order valence-electron chi connectivity index (χ0n) is 10.4. The van der Waals surface area contributed by atoms with Gasteiger partial charge in [-0.2, -0.15) is 0 Å². The Morgan fingerprint density at radius 2 is 1.57 bits per heavy atom. The van der Waals surface area contributed by atoms with Gasteiger partial charge < -0.3 is 9.47 Å². The number of rotatable bonds is 7. The van der Waals surface area contributed by atoms with E-state index in [0.29, 0.717) is 6.04 Å². The topological polar surface area (TPSA) is 21.7 Å². The Kier molecular flexibility index (Phi) is 7.15. The van der Waals surface area contributed by atoms with E-state index in [2.05, 4.69) is 32.7 Å². The Morgan fingerprint density at radius 1 is 1.07 bits per heavy atom. The van der Waals surface area contributed by atoms with E-state index in [0.717, 1.165) is 12.5 Å². The molecule has 0 rings (SSSR count). The van der Waals surface area contributed by atoms with Gasteiger partial charge in [0.1, 0.15) is 0 Å². The molecule has 0 aromatic heterocycles. The van der Waals surface area contributed by atoms with Gasteiger partial charge >= 0.3 is 0 Å². The van der Waals surface area contributed by atoms with E-state index in [9.17, 15) is 0 Å². The van der Waals surface area contributed by atoms with E-state index < -0.39 is 0 Å². The highest BCUT2D eigenvalue weighted by Crippen LogP contribution is 2.10. The van der Waals surface area contributed by atoms with Crippen LogP contribution in [0.1, 0.15) is 27.2 Å². The lowest BCUT2D eigenvalue weighted by Crippen LogP contribution is -2.38. The van der Waals surface area contributed by atoms with Gasteiger partial charge in [0.15, 0.2) is 6.29 Å². The molecule has 86 valence electrons. The number of hydrogen-bond acceptors (Lipinski definition) is 3. The van der Waals surface area contributed by atoms with Gasteiger partial charge in [-0.3, -0.25) is 4.90 Å². The minimum Gasteiger partial charge on any atom is -0.355 e. The maximum absolute atomic E-state index is 5.16. The van der Waals surface area contributed by atoms with Gasteiger partial charge in [0.05, 0.1) is 0 Å². The maximum Gasteiger partial charge on any atom is 0.169 e. The van der Waals surface area contributed by atoms with Crippen molar-refractivity contribution in [2.45, 2.75) is 39.5 Å². The maximum atomic E-state index is 5.16. The summed E-state index contributed by atoms with van der Waals surface area (Å²) in [6.45, 7) is 7.55. The second-order valence-corrected chi connectivity index (χ2v) is 4.32. The molecule has 14 heavy (non-hydrogen) atoms. The normalized spacial score (nSPS) is 14.4. The summed E-state index contributed by atoms with van der Waals surface area (Å²) >= 11 is 0. The Balaban J connectivity index is 3.86. The quantitative estimate of drug-likeness (QED) is 0.590. The number of ether oxygens (including phenoxy) is 2. The fourth-order valence-corrected chi connectivity index (χ4v) is 1.52. The van der Waals surface area contributed by atoms with Crippen molar-refractivity contribution in [3.8, 4) is 0 Å². The minimum atomic E-state index is -0.116. The molecule has 0 saturated heterocycles. The van der Waals surface area contributed by atoms with Crippen molar-refractivity contribution in [1.82, 2.24) is 4.90 Å². The molecule has 0 saturated carbocycles. The van der Waals surface area contributed by atoms with Crippen molar-refractivity contribution in [1.29, 1.82) is 0 Å². The monoisotopic (exact) mass is 203 g/mol. The number of nitrogens with zero attached hydrogens (tertiary/aromatic N) is 1. The molecule has 3 heteroatoms. The highest BCUT2D eigenvalue weighted by atomic mass is 16.7. The Morgan fingerprint density at radius 3 is 1.93 bits per heavy atom. The Bertz CT molecular complexity index is 135. The van der Waals surface area contributed by atoms with Crippen LogP contribution < -0.4 is 0 Å². The van der Waals surface area contributed by atoms with Crippen LogP contribution in [0.4, 0.5) is 0 Å². The molecule has 0 aromatic rings. The van der Waals surface area contributed by atoms with E-state index in [1.807, 2.05) is 0 Å². The summed E-state index contributed by atoms with van der Waals surface area (Å²) in [6, 6.07) is 0.572. The van der Waals surface area contributed by atoms with Crippen LogP contribution in [0.3, 0.4) is 0 Å². The van der Waals surface area contributed by atoms with Crippen molar-refractivity contribution in [2.75, 3.05) is 27.8 Å². The van der Waals surface area contributed by atoms with E-state index in [1.165, 1.54) is 6.42 Å². The smallest absolute Gasteiger partial charge is 0.169 e. The van der Waals surface area contributed by atoms with Crippen molar-refractivity contribution in [3.05, 3.63) is 0 Å². The summed E-state index contributed by atoms with van der Waals surface area (Å²) in [6.07, 6.45) is 1.09. The van der Waals surface area contributed by atoms with Crippen molar-refractivity contribution < 1.29 is 9.47 Å². The molecule has 0 aromatic carbocycles. The predicted molar refractivity (Wildman–Crippen MR) is 59.4 cm³/mol. The van der Waals surface area contributed by atoms with E-state index >= 15 is 0 Å². The van der Waals surface area contributed by atoms with Crippen molar-refractivity contribution >= 4 is 0 Å². The number of methoxy groups -OCH3 is 2. The third kappa shape index (κ3) is 5.58. The first-order valence-corrected chi connectivity index (χ1v) is 5.27. The van der Waals surface area contributed by atoms with E-state index in [1.54, 1.807) is 14.2 Å². The Labute approximate surface area is 88.4 Å². The van der Waals surface area contributed by atoms with Gasteiger partial charge in [-0.1, -0.05) is 13.8 Å². The molecular weight excluding hydrogens is 178 g/mol. The van der Waals surface area contributed by atoms with Crippen molar-refractivity contribution in [3.63, 3.8) is 0 Å². The molecule has 0 heterocycles. The molecule has 0 aliphatic carbocycles. The summed E-state index contributed by atoms with van der Waals surface area (Å²) in [5.41, 5.74) is 0. The van der Waals surface area contributed by atoms with Crippen LogP contribution in [0.25, 0.3) is 0 Å². The van der Waals surface area contributed by atoms with E-state index in [-0.39, 0.29) is 6.29 Å². The standard InChI is InChI=1S/C11H25NO2/c1-9(2)7-10(3)12(4)8-11(13-5)14-6/h9-11H,7-8H2,1-6H3. The highest BCUT2D eigenvalue weighted by molar-refractivity contribution is 4.66. The molecule has 0 aliphatic heterocycles. The van der Waals surface area contributed by atoms with Gasteiger partial charge in [-0.15, -0.1) is 0 Å². The first-order chi connectivity index (χ1) is 6.51. The minimum absolute atomic E-state index is 0.116. The number of hydrogen-bond donors (Lipinski definition) is 0. The molecule has 0 spiro atoms. The fraction of sp³-hybridized carbons (Fsp3) is 1.00. The molecule has 0 aliphatic rings. The third-order valence-electron chi connectivity index (χ3n) is 2.53. The largest absolute Gasteiger partial charge is 0.355 e. The van der Waals surface area contributed by atoms with Gasteiger partial charge in [0.2, 0.25) is 0 Å². The SMILES string of the molecule is COC(CN(C)C(C)CC(C)C)OC. The average molecular weight is 203 g/mol. The number of likely N-dealkylation sites (N-methyl/N-ethyl adjacent to an activating group) is 1. The summed E-state index contributed by atoms with van der Waals surface area (Å²) in [5.74, 6) is 0.732. The van der Waals surface area contributed by atoms with Crippen LogP contribution in [0.5, 0.6) is 0 Å². The lowest BCUT2D eigenvalue weighted by atomic mass is 10.0. The van der Waals surface area contributed by atoms with Gasteiger partial charge in [0.25, 0.3) is 0 Å². The van der Waals surface area contributed by atoms with Gasteiger partial charge in [-0.25, -0.2) is 0 Å². The fourth-order valence-electron chi connectivity index (χ4n) is 1.52. The zero-order chi connectivity index (χ0) is 11.1. The second-order valence-electron chi connectivity index (χ2n) is 4.32. The molecule has 3 nitrogen and oxygen atoms in total. The van der Waals surface area contributed by atoms with Crippen LogP contribution in [-0.2, 0) is 9.47 Å². The Hall–Kier alpha value is -0.120. The lowest BCUT2D eigenvalue weighted by molar-refractivity contribution is -0.117. The first kappa shape index (κ1) is 13.9. The third-order valence-corrected chi connectivity index (χ3v) is 2.53. The average Bonchev–Trinajstić information content (AvgIpc) is 2.12. The van der Waals surface area contributed by atoms with Crippen LogP contribution >= 0.6 is 0 Å². The van der Waals surface area contributed by atoms with Crippen LogP contribution in [0.2, 0.25) is 0 Å². The molecule has 0 N–H and O–H groups in total. The zero-order valence-corrected chi connectivity index (χ0v) is 10.4. The predicted octanol–water partition coefficient (Wildman–Crippen LogP) is 1.97. The molecule has 1 atom stereocenters. The van der Waals surface area contributed by atoms with Gasteiger partial charge in [0, 0.05) is 26.8 Å². The molecule has 0 radical (unpaired) electrons. The van der Waals surface area contributed by atoms with E-state index in [4.69, 9.17) is 9.47 Å². The first-order valence-electron chi connectivity index (χ1n) is 5.27. The molecule has 1 unspecified atom stereocenters. The molecule has 0 bridgehead atoms.